The number of carbonyl (C=O) groups is 1. The molecule has 0 heterocycles. The van der Waals surface area contributed by atoms with Crippen molar-refractivity contribution in [3.8, 4) is 0 Å². The fraction of sp³-hybridized carbons (Fsp3) is 0.417. The van der Waals surface area contributed by atoms with Crippen molar-refractivity contribution < 1.29 is 17.9 Å². The van der Waals surface area contributed by atoms with Crippen molar-refractivity contribution >= 4 is 38.9 Å². The molecule has 118 valence electrons. The van der Waals surface area contributed by atoms with E-state index in [9.17, 15) is 13.2 Å². The van der Waals surface area contributed by atoms with Gasteiger partial charge >= 0.3 is 0 Å². The highest BCUT2D eigenvalue weighted by Gasteiger charge is 2.13. The van der Waals surface area contributed by atoms with Crippen LogP contribution in [0.2, 0.25) is 5.02 Å². The van der Waals surface area contributed by atoms with Gasteiger partial charge in [0.1, 0.15) is 0 Å². The second kappa shape index (κ2) is 7.60. The van der Waals surface area contributed by atoms with Crippen molar-refractivity contribution in [1.29, 1.82) is 0 Å². The summed E-state index contributed by atoms with van der Waals surface area (Å²) in [6.45, 7) is 0.238. The molecule has 0 aliphatic heterocycles. The van der Waals surface area contributed by atoms with Gasteiger partial charge in [-0.15, -0.1) is 0 Å². The summed E-state index contributed by atoms with van der Waals surface area (Å²) in [5, 5.41) is 2.82. The molecule has 21 heavy (non-hydrogen) atoms. The molecule has 0 aromatic heterocycles. The van der Waals surface area contributed by atoms with Gasteiger partial charge < -0.3 is 15.8 Å². The fourth-order valence-electron chi connectivity index (χ4n) is 1.56. The second-order valence-electron chi connectivity index (χ2n) is 4.41. The van der Waals surface area contributed by atoms with Gasteiger partial charge in [0.05, 0.1) is 29.5 Å². The minimum Gasteiger partial charge on any atom is -0.380 e. The summed E-state index contributed by atoms with van der Waals surface area (Å²) >= 11 is 5.96. The van der Waals surface area contributed by atoms with E-state index in [0.717, 1.165) is 6.26 Å². The van der Waals surface area contributed by atoms with Crippen LogP contribution in [-0.4, -0.2) is 40.3 Å². The molecule has 0 saturated carbocycles. The summed E-state index contributed by atoms with van der Waals surface area (Å²) in [6.07, 6.45) is 0.789. The quantitative estimate of drug-likeness (QED) is 0.688. The highest BCUT2D eigenvalue weighted by Crippen LogP contribution is 2.26. The number of sulfonamides is 1. The van der Waals surface area contributed by atoms with Crippen LogP contribution >= 0.6 is 11.6 Å². The SMILES string of the molecule is COC(CN)CC(=O)Nc1ccc(NS(C)(=O)=O)c(Cl)c1. The molecule has 9 heteroatoms. The average Bonchev–Trinajstić information content (AvgIpc) is 2.38. The molecule has 7 nitrogen and oxygen atoms in total. The van der Waals surface area contributed by atoms with Gasteiger partial charge in [-0.1, -0.05) is 11.6 Å². The molecular formula is C12H18ClN3O4S. The predicted molar refractivity (Wildman–Crippen MR) is 83.0 cm³/mol. The van der Waals surface area contributed by atoms with Gasteiger partial charge in [0.15, 0.2) is 0 Å². The largest absolute Gasteiger partial charge is 0.380 e. The van der Waals surface area contributed by atoms with Gasteiger partial charge in [0.2, 0.25) is 15.9 Å². The fourth-order valence-corrected chi connectivity index (χ4v) is 2.42. The molecule has 1 unspecified atom stereocenters. The monoisotopic (exact) mass is 335 g/mol. The number of nitrogens with one attached hydrogen (secondary N) is 2. The minimum atomic E-state index is -3.41. The summed E-state index contributed by atoms with van der Waals surface area (Å²) in [4.78, 5) is 11.8. The van der Waals surface area contributed by atoms with Crippen LogP contribution in [0.25, 0.3) is 0 Å². The number of hydrogen-bond acceptors (Lipinski definition) is 5. The van der Waals surface area contributed by atoms with E-state index in [-0.39, 0.29) is 35.7 Å². The van der Waals surface area contributed by atoms with Crippen LogP contribution in [0.1, 0.15) is 6.42 Å². The summed E-state index contributed by atoms with van der Waals surface area (Å²) in [6, 6.07) is 4.47. The molecule has 4 N–H and O–H groups in total. The van der Waals surface area contributed by atoms with Gasteiger partial charge in [0, 0.05) is 19.3 Å². The minimum absolute atomic E-state index is 0.119. The average molecular weight is 336 g/mol. The Morgan fingerprint density at radius 2 is 2.14 bits per heavy atom. The Kier molecular flexibility index (Phi) is 6.41. The standard InChI is InChI=1S/C12H18ClN3O4S/c1-20-9(7-14)6-12(17)15-8-3-4-11(10(13)5-8)16-21(2,18)19/h3-5,9,16H,6-7,14H2,1-2H3,(H,15,17). The smallest absolute Gasteiger partial charge is 0.229 e. The third kappa shape index (κ3) is 6.30. The Bertz CT molecular complexity index is 603. The van der Waals surface area contributed by atoms with Crippen LogP contribution in [0.5, 0.6) is 0 Å². The zero-order chi connectivity index (χ0) is 16.0. The van der Waals surface area contributed by atoms with Gasteiger partial charge in [-0.2, -0.15) is 0 Å². The molecule has 0 radical (unpaired) electrons. The molecule has 0 saturated heterocycles. The number of benzene rings is 1. The number of hydrogen-bond donors (Lipinski definition) is 3. The molecule has 0 fully saturated rings. The van der Waals surface area contributed by atoms with Crippen molar-refractivity contribution in [2.24, 2.45) is 5.73 Å². The molecule has 0 aliphatic rings. The molecule has 1 rings (SSSR count). The highest BCUT2D eigenvalue weighted by molar-refractivity contribution is 7.92. The van der Waals surface area contributed by atoms with Crippen molar-refractivity contribution in [1.82, 2.24) is 0 Å². The van der Waals surface area contributed by atoms with Crippen LogP contribution in [-0.2, 0) is 19.6 Å². The molecule has 0 aliphatic carbocycles. The van der Waals surface area contributed by atoms with Gasteiger partial charge in [-0.3, -0.25) is 9.52 Å². The Morgan fingerprint density at radius 1 is 1.48 bits per heavy atom. The molecule has 1 atom stereocenters. The lowest BCUT2D eigenvalue weighted by Crippen LogP contribution is -2.28. The Labute approximate surface area is 128 Å². The van der Waals surface area contributed by atoms with Crippen LogP contribution < -0.4 is 15.8 Å². The molecule has 1 aromatic rings. The Morgan fingerprint density at radius 3 is 2.62 bits per heavy atom. The van der Waals surface area contributed by atoms with Crippen molar-refractivity contribution in [2.45, 2.75) is 12.5 Å². The van der Waals surface area contributed by atoms with Gasteiger partial charge in [-0.05, 0) is 18.2 Å². The third-order valence-corrected chi connectivity index (χ3v) is 3.46. The van der Waals surface area contributed by atoms with Crippen LogP contribution in [0.3, 0.4) is 0 Å². The Hall–Kier alpha value is -1.35. The van der Waals surface area contributed by atoms with Gasteiger partial charge in [0.25, 0.3) is 0 Å². The van der Waals surface area contributed by atoms with Crippen molar-refractivity contribution in [3.63, 3.8) is 0 Å². The number of halogens is 1. The topological polar surface area (TPSA) is 111 Å². The lowest BCUT2D eigenvalue weighted by atomic mass is 10.2. The van der Waals surface area contributed by atoms with E-state index in [0.29, 0.717) is 5.69 Å². The van der Waals surface area contributed by atoms with E-state index in [1.54, 1.807) is 6.07 Å². The van der Waals surface area contributed by atoms with Crippen LogP contribution in [0.4, 0.5) is 11.4 Å². The first-order chi connectivity index (χ1) is 9.75. The van der Waals surface area contributed by atoms with E-state index in [4.69, 9.17) is 22.1 Å². The maximum atomic E-state index is 11.8. The number of rotatable bonds is 7. The van der Waals surface area contributed by atoms with Crippen molar-refractivity contribution in [2.75, 3.05) is 29.9 Å². The lowest BCUT2D eigenvalue weighted by Gasteiger charge is -2.13. The first-order valence-electron chi connectivity index (χ1n) is 6.05. The van der Waals surface area contributed by atoms with E-state index in [1.165, 1.54) is 19.2 Å². The molecule has 0 spiro atoms. The number of ether oxygens (including phenoxy) is 1. The van der Waals surface area contributed by atoms with Crippen molar-refractivity contribution in [3.05, 3.63) is 23.2 Å². The summed E-state index contributed by atoms with van der Waals surface area (Å²) < 4.78 is 29.6. The number of nitrogens with two attached hydrogens (primary N) is 1. The lowest BCUT2D eigenvalue weighted by molar-refractivity contribution is -0.118. The third-order valence-electron chi connectivity index (χ3n) is 2.56. The van der Waals surface area contributed by atoms with E-state index in [2.05, 4.69) is 10.0 Å². The number of amides is 1. The normalized spacial score (nSPS) is 12.8. The van der Waals surface area contributed by atoms with E-state index >= 15 is 0 Å². The second-order valence-corrected chi connectivity index (χ2v) is 6.57. The molecule has 1 amide bonds. The maximum absolute atomic E-state index is 11.8. The highest BCUT2D eigenvalue weighted by atomic mass is 35.5. The van der Waals surface area contributed by atoms with E-state index in [1.807, 2.05) is 0 Å². The first-order valence-corrected chi connectivity index (χ1v) is 8.32. The van der Waals surface area contributed by atoms with Crippen LogP contribution in [0.15, 0.2) is 18.2 Å². The number of carbonyl (C=O) groups excluding carboxylic acids is 1. The maximum Gasteiger partial charge on any atom is 0.229 e. The van der Waals surface area contributed by atoms with Crippen LogP contribution in [0, 0.1) is 0 Å². The molecule has 0 bridgehead atoms. The summed E-state index contributed by atoms with van der Waals surface area (Å²) in [7, 11) is -1.93. The first kappa shape index (κ1) is 17.7. The summed E-state index contributed by atoms with van der Waals surface area (Å²) in [5.41, 5.74) is 6.14. The summed E-state index contributed by atoms with van der Waals surface area (Å²) in [5.74, 6) is -0.271. The zero-order valence-electron chi connectivity index (χ0n) is 11.7. The number of anilines is 2. The Balaban J connectivity index is 2.74. The van der Waals surface area contributed by atoms with E-state index < -0.39 is 10.0 Å². The number of methoxy groups -OCH3 is 1. The molecular weight excluding hydrogens is 318 g/mol. The molecule has 1 aromatic carbocycles. The predicted octanol–water partition coefficient (Wildman–Crippen LogP) is 1.01. The zero-order valence-corrected chi connectivity index (χ0v) is 13.3. The van der Waals surface area contributed by atoms with Gasteiger partial charge in [-0.25, -0.2) is 8.42 Å².